The quantitative estimate of drug-likeness (QED) is 0.175. The van der Waals surface area contributed by atoms with Gasteiger partial charge in [0.25, 0.3) is 0 Å². The van der Waals surface area contributed by atoms with Crippen LogP contribution in [0.5, 0.6) is 0 Å². The van der Waals surface area contributed by atoms with Gasteiger partial charge < -0.3 is 9.32 Å². The number of fused-ring (bicyclic) bond motifs is 7. The summed E-state index contributed by atoms with van der Waals surface area (Å²) in [6.45, 7) is 0. The highest BCUT2D eigenvalue weighted by Crippen LogP contribution is 2.47. The molecule has 0 saturated heterocycles. The lowest BCUT2D eigenvalue weighted by atomic mass is 9.92. The predicted molar refractivity (Wildman–Crippen MR) is 212 cm³/mol. The van der Waals surface area contributed by atoms with Crippen LogP contribution in [0, 0.1) is 0 Å². The highest BCUT2D eigenvalue weighted by molar-refractivity contribution is 6.17. The first-order valence-corrected chi connectivity index (χ1v) is 17.1. The summed E-state index contributed by atoms with van der Waals surface area (Å²) in [5.41, 5.74) is 9.79. The summed E-state index contributed by atoms with van der Waals surface area (Å²) in [4.78, 5) is 2.41. The Morgan fingerprint density at radius 3 is 1.78 bits per heavy atom. The lowest BCUT2D eigenvalue weighted by Gasteiger charge is -2.29. The van der Waals surface area contributed by atoms with Crippen molar-refractivity contribution < 1.29 is 4.42 Å². The predicted octanol–water partition coefficient (Wildman–Crippen LogP) is 13.8. The van der Waals surface area contributed by atoms with Gasteiger partial charge in [-0.05, 0) is 91.5 Å². The minimum atomic E-state index is 0.870. The van der Waals surface area contributed by atoms with E-state index in [9.17, 15) is 0 Å². The zero-order valence-electron chi connectivity index (χ0n) is 27.3. The third-order valence-electron chi connectivity index (χ3n) is 10.1. The standard InChI is InChI=1S/C48H31NO/c1-3-16-36-32(13-1)15-11-22-37(36)33-27-29-35(30-28-33)49(45-24-12-26-47-48(45)42-21-8-10-25-46(42)50-47)44-23-9-7-20-41(44)43-31-34-14-2-4-17-38(34)39-18-5-6-19-40(39)43/h1-31H. The molecular weight excluding hydrogens is 607 g/mol. The lowest BCUT2D eigenvalue weighted by Crippen LogP contribution is -2.11. The molecule has 0 radical (unpaired) electrons. The number of rotatable bonds is 5. The average Bonchev–Trinajstić information content (AvgIpc) is 3.58. The first-order valence-electron chi connectivity index (χ1n) is 17.1. The molecule has 2 nitrogen and oxygen atoms in total. The second kappa shape index (κ2) is 11.5. The Bertz CT molecular complexity index is 2870. The Labute approximate surface area is 290 Å². The van der Waals surface area contributed by atoms with Gasteiger partial charge in [-0.3, -0.25) is 0 Å². The topological polar surface area (TPSA) is 16.4 Å². The minimum Gasteiger partial charge on any atom is -0.456 e. The van der Waals surface area contributed by atoms with Gasteiger partial charge in [0, 0.05) is 16.6 Å². The van der Waals surface area contributed by atoms with E-state index in [4.69, 9.17) is 4.42 Å². The van der Waals surface area contributed by atoms with Crippen LogP contribution in [0.25, 0.3) is 76.5 Å². The van der Waals surface area contributed by atoms with E-state index in [1.807, 2.05) is 6.07 Å². The molecular formula is C48H31NO. The molecule has 0 bridgehead atoms. The van der Waals surface area contributed by atoms with Crippen molar-refractivity contribution in [2.45, 2.75) is 0 Å². The summed E-state index contributed by atoms with van der Waals surface area (Å²) in [5.74, 6) is 0. The van der Waals surface area contributed by atoms with E-state index >= 15 is 0 Å². The van der Waals surface area contributed by atoms with Crippen molar-refractivity contribution in [3.05, 3.63) is 188 Å². The molecule has 0 aliphatic heterocycles. The van der Waals surface area contributed by atoms with Crippen LogP contribution in [0.2, 0.25) is 0 Å². The number of benzene rings is 9. The van der Waals surface area contributed by atoms with Crippen LogP contribution in [-0.4, -0.2) is 0 Å². The summed E-state index contributed by atoms with van der Waals surface area (Å²) >= 11 is 0. The molecule has 1 heterocycles. The molecule has 1 aromatic heterocycles. The number of furan rings is 1. The molecule has 0 unspecified atom stereocenters. The SMILES string of the molecule is c1ccc(N(c2ccc(-c3cccc4ccccc34)cc2)c2cccc3oc4ccccc4c23)c(-c2cc3ccccc3c3ccccc23)c1. The maximum atomic E-state index is 6.43. The fraction of sp³-hybridized carbons (Fsp3) is 0. The van der Waals surface area contributed by atoms with Crippen LogP contribution < -0.4 is 4.90 Å². The number of para-hydroxylation sites is 2. The van der Waals surface area contributed by atoms with Gasteiger partial charge >= 0.3 is 0 Å². The van der Waals surface area contributed by atoms with Gasteiger partial charge in [0.1, 0.15) is 11.2 Å². The van der Waals surface area contributed by atoms with E-state index in [2.05, 4.69) is 187 Å². The largest absolute Gasteiger partial charge is 0.456 e. The Hall–Kier alpha value is -6.64. The second-order valence-corrected chi connectivity index (χ2v) is 12.9. The Balaban J connectivity index is 1.24. The third kappa shape index (κ3) is 4.50. The summed E-state index contributed by atoms with van der Waals surface area (Å²) in [6, 6.07) is 67.5. The first kappa shape index (κ1) is 28.4. The van der Waals surface area contributed by atoms with E-state index < -0.39 is 0 Å². The van der Waals surface area contributed by atoms with Crippen molar-refractivity contribution in [3.63, 3.8) is 0 Å². The van der Waals surface area contributed by atoms with Crippen LogP contribution in [0.15, 0.2) is 192 Å². The first-order chi connectivity index (χ1) is 24.8. The Kier molecular flexibility index (Phi) is 6.53. The average molecular weight is 638 g/mol. The third-order valence-corrected chi connectivity index (χ3v) is 10.1. The Morgan fingerprint density at radius 2 is 0.920 bits per heavy atom. The number of hydrogen-bond acceptors (Lipinski definition) is 2. The maximum absolute atomic E-state index is 6.43. The van der Waals surface area contributed by atoms with Gasteiger partial charge in [0.05, 0.1) is 16.8 Å². The molecule has 10 aromatic rings. The van der Waals surface area contributed by atoms with Gasteiger partial charge in [-0.25, -0.2) is 0 Å². The molecule has 0 aliphatic rings. The smallest absolute Gasteiger partial charge is 0.137 e. The summed E-state index contributed by atoms with van der Waals surface area (Å²) in [6.07, 6.45) is 0. The zero-order chi connectivity index (χ0) is 33.0. The van der Waals surface area contributed by atoms with Gasteiger partial charge in [0.15, 0.2) is 0 Å². The zero-order valence-corrected chi connectivity index (χ0v) is 27.3. The molecule has 0 spiro atoms. The van der Waals surface area contributed by atoms with E-state index in [1.165, 1.54) is 49.0 Å². The molecule has 0 atom stereocenters. The van der Waals surface area contributed by atoms with Crippen LogP contribution >= 0.6 is 0 Å². The minimum absolute atomic E-state index is 0.870. The normalized spacial score (nSPS) is 11.6. The monoisotopic (exact) mass is 637 g/mol. The maximum Gasteiger partial charge on any atom is 0.137 e. The second-order valence-electron chi connectivity index (χ2n) is 12.9. The summed E-state index contributed by atoms with van der Waals surface area (Å²) < 4.78 is 6.43. The number of hydrogen-bond donors (Lipinski definition) is 0. The molecule has 2 heteroatoms. The Morgan fingerprint density at radius 1 is 0.340 bits per heavy atom. The van der Waals surface area contributed by atoms with E-state index in [1.54, 1.807) is 0 Å². The lowest BCUT2D eigenvalue weighted by molar-refractivity contribution is 0.669. The van der Waals surface area contributed by atoms with Crippen molar-refractivity contribution in [1.29, 1.82) is 0 Å². The van der Waals surface area contributed by atoms with Crippen LogP contribution in [0.3, 0.4) is 0 Å². The fourth-order valence-electron chi connectivity index (χ4n) is 7.79. The van der Waals surface area contributed by atoms with Crippen molar-refractivity contribution in [1.82, 2.24) is 0 Å². The van der Waals surface area contributed by atoms with E-state index in [-0.39, 0.29) is 0 Å². The van der Waals surface area contributed by atoms with Gasteiger partial charge in [0.2, 0.25) is 0 Å². The van der Waals surface area contributed by atoms with E-state index in [0.717, 1.165) is 44.6 Å². The highest BCUT2D eigenvalue weighted by Gasteiger charge is 2.23. The fourth-order valence-corrected chi connectivity index (χ4v) is 7.79. The molecule has 9 aromatic carbocycles. The van der Waals surface area contributed by atoms with Gasteiger partial charge in [-0.15, -0.1) is 0 Å². The number of anilines is 3. The van der Waals surface area contributed by atoms with Crippen molar-refractivity contribution >= 4 is 71.3 Å². The van der Waals surface area contributed by atoms with Gasteiger partial charge in [-0.2, -0.15) is 0 Å². The molecule has 0 amide bonds. The van der Waals surface area contributed by atoms with Gasteiger partial charge in [-0.1, -0.05) is 146 Å². The molecule has 50 heavy (non-hydrogen) atoms. The van der Waals surface area contributed by atoms with Crippen LogP contribution in [-0.2, 0) is 0 Å². The highest BCUT2D eigenvalue weighted by atomic mass is 16.3. The summed E-state index contributed by atoms with van der Waals surface area (Å²) in [7, 11) is 0. The van der Waals surface area contributed by atoms with Crippen LogP contribution in [0.1, 0.15) is 0 Å². The molecule has 0 saturated carbocycles. The number of nitrogens with zero attached hydrogens (tertiary/aromatic N) is 1. The van der Waals surface area contributed by atoms with Crippen molar-refractivity contribution in [3.8, 4) is 22.3 Å². The summed E-state index contributed by atoms with van der Waals surface area (Å²) in [5, 5.41) is 9.67. The molecule has 0 N–H and O–H groups in total. The van der Waals surface area contributed by atoms with Crippen molar-refractivity contribution in [2.75, 3.05) is 4.90 Å². The van der Waals surface area contributed by atoms with Crippen molar-refractivity contribution in [2.24, 2.45) is 0 Å². The molecule has 234 valence electrons. The van der Waals surface area contributed by atoms with Crippen LogP contribution in [0.4, 0.5) is 17.1 Å². The molecule has 0 fully saturated rings. The molecule has 10 rings (SSSR count). The molecule has 0 aliphatic carbocycles. The van der Waals surface area contributed by atoms with E-state index in [0.29, 0.717) is 0 Å².